The third kappa shape index (κ3) is 3.39. The average Bonchev–Trinajstić information content (AvgIpc) is 2.55. The number of carbonyl (C=O) groups is 1. The van der Waals surface area contributed by atoms with Crippen LogP contribution in [0, 0.1) is 0 Å². The molecule has 0 saturated carbocycles. The van der Waals surface area contributed by atoms with Crippen LogP contribution in [-0.4, -0.2) is 19.1 Å². The van der Waals surface area contributed by atoms with Crippen molar-refractivity contribution in [2.45, 2.75) is 18.8 Å². The molecule has 1 heterocycles. The summed E-state index contributed by atoms with van der Waals surface area (Å²) in [5.41, 5.74) is 8.51. The largest absolute Gasteiger partial charge is 0.493 e. The zero-order valence-corrected chi connectivity index (χ0v) is 12.4. The molecule has 4 heteroatoms. The van der Waals surface area contributed by atoms with E-state index < -0.39 is 0 Å². The summed E-state index contributed by atoms with van der Waals surface area (Å²) in [5, 5.41) is 3.03. The van der Waals surface area contributed by atoms with Gasteiger partial charge in [-0.25, -0.2) is 0 Å². The van der Waals surface area contributed by atoms with Crippen molar-refractivity contribution < 1.29 is 9.53 Å². The number of nitrogens with one attached hydrogen (secondary N) is 1. The molecule has 0 radical (unpaired) electrons. The molecule has 0 aliphatic carbocycles. The minimum atomic E-state index is 0.0359. The highest BCUT2D eigenvalue weighted by Crippen LogP contribution is 2.32. The van der Waals surface area contributed by atoms with E-state index in [2.05, 4.69) is 11.4 Å². The van der Waals surface area contributed by atoms with Gasteiger partial charge in [-0.05, 0) is 35.7 Å². The SMILES string of the molecule is Nc1ccc(CC(=O)NCC2CCOc3ccccc32)cc1. The third-order valence-electron chi connectivity index (χ3n) is 3.97. The van der Waals surface area contributed by atoms with Gasteiger partial charge in [0, 0.05) is 18.2 Å². The monoisotopic (exact) mass is 296 g/mol. The first kappa shape index (κ1) is 14.4. The maximum atomic E-state index is 12.1. The normalized spacial score (nSPS) is 16.5. The van der Waals surface area contributed by atoms with E-state index in [1.54, 1.807) is 0 Å². The Hall–Kier alpha value is -2.49. The van der Waals surface area contributed by atoms with Crippen LogP contribution in [0.3, 0.4) is 0 Å². The smallest absolute Gasteiger partial charge is 0.224 e. The maximum absolute atomic E-state index is 12.1. The van der Waals surface area contributed by atoms with E-state index in [-0.39, 0.29) is 5.91 Å². The van der Waals surface area contributed by atoms with Crippen LogP contribution in [-0.2, 0) is 11.2 Å². The lowest BCUT2D eigenvalue weighted by molar-refractivity contribution is -0.120. The third-order valence-corrected chi connectivity index (χ3v) is 3.97. The van der Waals surface area contributed by atoms with E-state index in [0.717, 1.165) is 17.7 Å². The summed E-state index contributed by atoms with van der Waals surface area (Å²) in [5.74, 6) is 1.29. The van der Waals surface area contributed by atoms with Crippen LogP contribution in [0.2, 0.25) is 0 Å². The first-order valence-corrected chi connectivity index (χ1v) is 7.55. The highest BCUT2D eigenvalue weighted by Gasteiger charge is 2.21. The van der Waals surface area contributed by atoms with Gasteiger partial charge >= 0.3 is 0 Å². The Balaban J connectivity index is 1.56. The maximum Gasteiger partial charge on any atom is 0.224 e. The van der Waals surface area contributed by atoms with Gasteiger partial charge in [-0.3, -0.25) is 4.79 Å². The summed E-state index contributed by atoms with van der Waals surface area (Å²) in [4.78, 5) is 12.1. The van der Waals surface area contributed by atoms with Gasteiger partial charge in [0.1, 0.15) is 5.75 Å². The molecular formula is C18H20N2O2. The number of para-hydroxylation sites is 1. The predicted molar refractivity (Wildman–Crippen MR) is 86.9 cm³/mol. The van der Waals surface area contributed by atoms with Crippen LogP contribution in [0.15, 0.2) is 48.5 Å². The van der Waals surface area contributed by atoms with E-state index in [1.165, 1.54) is 5.56 Å². The number of hydrogen-bond donors (Lipinski definition) is 2. The molecule has 0 bridgehead atoms. The van der Waals surface area contributed by atoms with E-state index in [4.69, 9.17) is 10.5 Å². The number of fused-ring (bicyclic) bond motifs is 1. The van der Waals surface area contributed by atoms with Gasteiger partial charge in [0.15, 0.2) is 0 Å². The van der Waals surface area contributed by atoms with Crippen molar-refractivity contribution in [3.8, 4) is 5.75 Å². The molecule has 4 nitrogen and oxygen atoms in total. The molecule has 3 N–H and O–H groups in total. The van der Waals surface area contributed by atoms with Crippen molar-refractivity contribution in [3.05, 3.63) is 59.7 Å². The number of nitrogens with two attached hydrogens (primary N) is 1. The van der Waals surface area contributed by atoms with E-state index >= 15 is 0 Å². The zero-order valence-electron chi connectivity index (χ0n) is 12.4. The van der Waals surface area contributed by atoms with Crippen LogP contribution < -0.4 is 15.8 Å². The number of nitrogen functional groups attached to an aromatic ring is 1. The van der Waals surface area contributed by atoms with Crippen LogP contribution in [0.5, 0.6) is 5.75 Å². The minimum absolute atomic E-state index is 0.0359. The van der Waals surface area contributed by atoms with Gasteiger partial charge in [0.05, 0.1) is 13.0 Å². The highest BCUT2D eigenvalue weighted by atomic mass is 16.5. The average molecular weight is 296 g/mol. The molecule has 0 fully saturated rings. The van der Waals surface area contributed by atoms with Crippen molar-refractivity contribution in [3.63, 3.8) is 0 Å². The summed E-state index contributed by atoms with van der Waals surface area (Å²) in [6.07, 6.45) is 1.31. The lowest BCUT2D eigenvalue weighted by Gasteiger charge is -2.26. The standard InChI is InChI=1S/C18H20N2O2/c19-15-7-5-13(6-8-15)11-18(21)20-12-14-9-10-22-17-4-2-1-3-16(14)17/h1-8,14H,9-12,19H2,(H,20,21). The molecule has 2 aromatic carbocycles. The van der Waals surface area contributed by atoms with Crippen molar-refractivity contribution in [2.24, 2.45) is 0 Å². The second-order valence-corrected chi connectivity index (χ2v) is 5.59. The zero-order chi connectivity index (χ0) is 15.4. The second kappa shape index (κ2) is 6.52. The number of rotatable bonds is 4. The summed E-state index contributed by atoms with van der Waals surface area (Å²) in [6.45, 7) is 1.35. The molecule has 3 rings (SSSR count). The van der Waals surface area contributed by atoms with Gasteiger partial charge in [0.2, 0.25) is 5.91 Å². The minimum Gasteiger partial charge on any atom is -0.493 e. The van der Waals surface area contributed by atoms with E-state index in [0.29, 0.717) is 31.2 Å². The molecule has 114 valence electrons. The summed E-state index contributed by atoms with van der Waals surface area (Å²) in [7, 11) is 0. The Kier molecular flexibility index (Phi) is 4.28. The Labute approximate surface area is 130 Å². The van der Waals surface area contributed by atoms with Crippen molar-refractivity contribution in [1.82, 2.24) is 5.32 Å². The molecule has 1 unspecified atom stereocenters. The lowest BCUT2D eigenvalue weighted by atomic mass is 9.93. The Morgan fingerprint density at radius 3 is 2.77 bits per heavy atom. The second-order valence-electron chi connectivity index (χ2n) is 5.59. The van der Waals surface area contributed by atoms with Gasteiger partial charge in [-0.2, -0.15) is 0 Å². The Morgan fingerprint density at radius 1 is 1.18 bits per heavy atom. The number of ether oxygens (including phenoxy) is 1. The van der Waals surface area contributed by atoms with E-state index in [1.807, 2.05) is 42.5 Å². The molecular weight excluding hydrogens is 276 g/mol. The van der Waals surface area contributed by atoms with Crippen LogP contribution >= 0.6 is 0 Å². The first-order valence-electron chi connectivity index (χ1n) is 7.55. The summed E-state index contributed by atoms with van der Waals surface area (Å²) in [6, 6.07) is 15.5. The number of amides is 1. The molecule has 0 spiro atoms. The van der Waals surface area contributed by atoms with Crippen LogP contribution in [0.4, 0.5) is 5.69 Å². The Morgan fingerprint density at radius 2 is 1.95 bits per heavy atom. The Bertz CT molecular complexity index is 652. The fourth-order valence-corrected chi connectivity index (χ4v) is 2.75. The van der Waals surface area contributed by atoms with Gasteiger partial charge in [-0.15, -0.1) is 0 Å². The fraction of sp³-hybridized carbons (Fsp3) is 0.278. The molecule has 1 aliphatic heterocycles. The van der Waals surface area contributed by atoms with Crippen LogP contribution in [0.1, 0.15) is 23.5 Å². The fourth-order valence-electron chi connectivity index (χ4n) is 2.75. The van der Waals surface area contributed by atoms with Crippen molar-refractivity contribution in [1.29, 1.82) is 0 Å². The number of benzene rings is 2. The molecule has 22 heavy (non-hydrogen) atoms. The number of anilines is 1. The van der Waals surface area contributed by atoms with Crippen molar-refractivity contribution >= 4 is 11.6 Å². The first-order chi connectivity index (χ1) is 10.7. The molecule has 2 aromatic rings. The van der Waals surface area contributed by atoms with Crippen molar-refractivity contribution in [2.75, 3.05) is 18.9 Å². The number of hydrogen-bond acceptors (Lipinski definition) is 3. The van der Waals surface area contributed by atoms with Crippen LogP contribution in [0.25, 0.3) is 0 Å². The predicted octanol–water partition coefficient (Wildman–Crippen LogP) is 2.49. The summed E-state index contributed by atoms with van der Waals surface area (Å²) < 4.78 is 5.64. The summed E-state index contributed by atoms with van der Waals surface area (Å²) >= 11 is 0. The molecule has 1 amide bonds. The van der Waals surface area contributed by atoms with Gasteiger partial charge in [0.25, 0.3) is 0 Å². The van der Waals surface area contributed by atoms with E-state index in [9.17, 15) is 4.79 Å². The molecule has 0 saturated heterocycles. The topological polar surface area (TPSA) is 64.4 Å². The lowest BCUT2D eigenvalue weighted by Crippen LogP contribution is -2.31. The van der Waals surface area contributed by atoms with Gasteiger partial charge in [-0.1, -0.05) is 30.3 Å². The highest BCUT2D eigenvalue weighted by molar-refractivity contribution is 5.78. The molecule has 1 atom stereocenters. The van der Waals surface area contributed by atoms with Gasteiger partial charge < -0.3 is 15.8 Å². The molecule has 1 aliphatic rings. The number of carbonyl (C=O) groups excluding carboxylic acids is 1. The molecule has 0 aromatic heterocycles. The quantitative estimate of drug-likeness (QED) is 0.852.